The number of ether oxygens (including phenoxy) is 1. The van der Waals surface area contributed by atoms with Crippen molar-refractivity contribution in [3.63, 3.8) is 0 Å². The number of amides is 1. The first-order chi connectivity index (χ1) is 11.0. The van der Waals surface area contributed by atoms with Crippen LogP contribution in [-0.4, -0.2) is 34.1 Å². The van der Waals surface area contributed by atoms with E-state index in [4.69, 9.17) is 4.74 Å². The second kappa shape index (κ2) is 7.94. The minimum Gasteiger partial charge on any atom is -0.481 e. The van der Waals surface area contributed by atoms with Crippen LogP contribution in [0.25, 0.3) is 0 Å². The molecular weight excluding hydrogens is 296 g/mol. The van der Waals surface area contributed by atoms with Crippen molar-refractivity contribution >= 4 is 11.9 Å². The summed E-state index contributed by atoms with van der Waals surface area (Å²) >= 11 is 0. The van der Waals surface area contributed by atoms with Crippen LogP contribution in [0.4, 0.5) is 0 Å². The third-order valence-corrected chi connectivity index (χ3v) is 3.96. The summed E-state index contributed by atoms with van der Waals surface area (Å²) in [6, 6.07) is 4.66. The zero-order valence-electron chi connectivity index (χ0n) is 13.6. The number of hydrogen-bond donors (Lipinski definition) is 2. The number of carbonyl (C=O) groups is 2. The predicted octanol–water partition coefficient (Wildman–Crippen LogP) is 2.63. The van der Waals surface area contributed by atoms with Crippen molar-refractivity contribution in [2.45, 2.75) is 58.1 Å². The van der Waals surface area contributed by atoms with Crippen molar-refractivity contribution in [3.8, 4) is 5.88 Å². The first-order valence-electron chi connectivity index (χ1n) is 8.14. The van der Waals surface area contributed by atoms with Gasteiger partial charge >= 0.3 is 5.97 Å². The van der Waals surface area contributed by atoms with Crippen molar-refractivity contribution in [2.24, 2.45) is 5.92 Å². The van der Waals surface area contributed by atoms with E-state index < -0.39 is 11.9 Å². The summed E-state index contributed by atoms with van der Waals surface area (Å²) in [5, 5.41) is 12.2. The number of aromatic nitrogens is 1. The van der Waals surface area contributed by atoms with Gasteiger partial charge in [-0.25, -0.2) is 4.98 Å². The molecule has 23 heavy (non-hydrogen) atoms. The number of carboxylic acids is 1. The maximum absolute atomic E-state index is 12.4. The second-order valence-electron chi connectivity index (χ2n) is 6.19. The van der Waals surface area contributed by atoms with Gasteiger partial charge in [-0.2, -0.15) is 0 Å². The molecule has 1 fully saturated rings. The Kier molecular flexibility index (Phi) is 5.96. The number of nitrogens with one attached hydrogen (secondary N) is 1. The molecule has 1 saturated carbocycles. The van der Waals surface area contributed by atoms with Crippen LogP contribution in [-0.2, 0) is 4.79 Å². The summed E-state index contributed by atoms with van der Waals surface area (Å²) in [5.74, 6) is -1.33. The van der Waals surface area contributed by atoms with Crippen molar-refractivity contribution < 1.29 is 19.4 Å². The molecule has 2 rings (SSSR count). The van der Waals surface area contributed by atoms with Gasteiger partial charge in [0.2, 0.25) is 5.88 Å². The van der Waals surface area contributed by atoms with Gasteiger partial charge in [0.05, 0.1) is 12.0 Å². The van der Waals surface area contributed by atoms with Gasteiger partial charge < -0.3 is 15.2 Å². The summed E-state index contributed by atoms with van der Waals surface area (Å²) in [6.07, 6.45) is 4.08. The number of nitrogens with zero attached hydrogens (tertiary/aromatic N) is 1. The average molecular weight is 320 g/mol. The van der Waals surface area contributed by atoms with E-state index in [-0.39, 0.29) is 23.7 Å². The molecule has 0 spiro atoms. The molecule has 0 bridgehead atoms. The first-order valence-corrected chi connectivity index (χ1v) is 8.14. The summed E-state index contributed by atoms with van der Waals surface area (Å²) in [7, 11) is 0. The van der Waals surface area contributed by atoms with Gasteiger partial charge in [-0.05, 0) is 32.8 Å². The van der Waals surface area contributed by atoms with Crippen LogP contribution in [0, 0.1) is 5.92 Å². The first kappa shape index (κ1) is 17.2. The van der Waals surface area contributed by atoms with Crippen LogP contribution in [0.15, 0.2) is 18.2 Å². The smallest absolute Gasteiger partial charge is 0.308 e. The van der Waals surface area contributed by atoms with Crippen LogP contribution in [0.1, 0.15) is 56.4 Å². The average Bonchev–Trinajstić information content (AvgIpc) is 2.72. The number of pyridine rings is 1. The Morgan fingerprint density at radius 3 is 2.70 bits per heavy atom. The number of carbonyl (C=O) groups excluding carboxylic acids is 1. The summed E-state index contributed by atoms with van der Waals surface area (Å²) in [6.45, 7) is 3.77. The molecule has 1 heterocycles. The van der Waals surface area contributed by atoms with Gasteiger partial charge in [0.1, 0.15) is 5.69 Å². The largest absolute Gasteiger partial charge is 0.481 e. The fourth-order valence-electron chi connectivity index (χ4n) is 2.87. The molecule has 1 amide bonds. The molecule has 6 nitrogen and oxygen atoms in total. The van der Waals surface area contributed by atoms with Crippen molar-refractivity contribution in [3.05, 3.63) is 23.9 Å². The molecule has 6 heteroatoms. The molecule has 0 radical (unpaired) electrons. The van der Waals surface area contributed by atoms with Gasteiger partial charge in [-0.1, -0.05) is 25.3 Å². The SMILES string of the molecule is CC(C)Oc1cccc(C(=O)N[C@H]2CCCCC[C@H]2C(=O)O)n1. The zero-order chi connectivity index (χ0) is 16.8. The predicted molar refractivity (Wildman–Crippen MR) is 85.5 cm³/mol. The summed E-state index contributed by atoms with van der Waals surface area (Å²) in [4.78, 5) is 28.0. The van der Waals surface area contributed by atoms with E-state index in [0.717, 1.165) is 19.3 Å². The Labute approximate surface area is 136 Å². The Bertz CT molecular complexity index is 559. The maximum atomic E-state index is 12.4. The Morgan fingerprint density at radius 2 is 2.00 bits per heavy atom. The maximum Gasteiger partial charge on any atom is 0.308 e. The normalized spacial score (nSPS) is 21.5. The molecule has 0 aliphatic heterocycles. The number of rotatable bonds is 5. The Balaban J connectivity index is 2.08. The Morgan fingerprint density at radius 1 is 1.26 bits per heavy atom. The van der Waals surface area contributed by atoms with E-state index in [0.29, 0.717) is 18.7 Å². The summed E-state index contributed by atoms with van der Waals surface area (Å²) < 4.78 is 5.49. The second-order valence-corrected chi connectivity index (χ2v) is 6.19. The molecule has 1 aliphatic carbocycles. The lowest BCUT2D eigenvalue weighted by atomic mass is 9.95. The van der Waals surface area contributed by atoms with Gasteiger partial charge in [-0.15, -0.1) is 0 Å². The van der Waals surface area contributed by atoms with Gasteiger partial charge in [-0.3, -0.25) is 9.59 Å². The van der Waals surface area contributed by atoms with Crippen LogP contribution in [0.5, 0.6) is 5.88 Å². The number of aliphatic carboxylic acids is 1. The molecule has 0 aromatic carbocycles. The zero-order valence-corrected chi connectivity index (χ0v) is 13.6. The van der Waals surface area contributed by atoms with E-state index in [2.05, 4.69) is 10.3 Å². The summed E-state index contributed by atoms with van der Waals surface area (Å²) in [5.41, 5.74) is 0.247. The highest BCUT2D eigenvalue weighted by atomic mass is 16.5. The molecule has 0 saturated heterocycles. The van der Waals surface area contributed by atoms with Crippen LogP contribution < -0.4 is 10.1 Å². The highest BCUT2D eigenvalue weighted by molar-refractivity contribution is 5.93. The lowest BCUT2D eigenvalue weighted by Crippen LogP contribution is -2.43. The molecule has 1 aromatic heterocycles. The van der Waals surface area contributed by atoms with E-state index in [9.17, 15) is 14.7 Å². The van der Waals surface area contributed by atoms with Gasteiger partial charge in [0, 0.05) is 12.1 Å². The lowest BCUT2D eigenvalue weighted by Gasteiger charge is -2.22. The highest BCUT2D eigenvalue weighted by Gasteiger charge is 2.31. The van der Waals surface area contributed by atoms with Crippen LogP contribution in [0.2, 0.25) is 0 Å². The highest BCUT2D eigenvalue weighted by Crippen LogP contribution is 2.24. The van der Waals surface area contributed by atoms with Crippen molar-refractivity contribution in [1.82, 2.24) is 10.3 Å². The number of carboxylic acid groups (broad SMARTS) is 1. The third-order valence-electron chi connectivity index (χ3n) is 3.96. The molecule has 1 aliphatic rings. The van der Waals surface area contributed by atoms with Gasteiger partial charge in [0.15, 0.2) is 0 Å². The van der Waals surface area contributed by atoms with Crippen molar-refractivity contribution in [1.29, 1.82) is 0 Å². The molecule has 0 unspecified atom stereocenters. The fraction of sp³-hybridized carbons (Fsp3) is 0.588. The molecular formula is C17H24N2O4. The molecule has 2 atom stereocenters. The molecule has 1 aromatic rings. The Hall–Kier alpha value is -2.11. The van der Waals surface area contributed by atoms with Crippen molar-refractivity contribution in [2.75, 3.05) is 0 Å². The molecule has 2 N–H and O–H groups in total. The third kappa shape index (κ3) is 4.94. The standard InChI is InChI=1S/C17H24N2O4/c1-11(2)23-15-10-6-9-14(18-15)16(20)19-13-8-5-3-4-7-12(13)17(21)22/h6,9-13H,3-5,7-8H2,1-2H3,(H,19,20)(H,21,22)/t12-,13+/m1/s1. The lowest BCUT2D eigenvalue weighted by molar-refractivity contribution is -0.142. The van der Waals surface area contributed by atoms with Crippen LogP contribution in [0.3, 0.4) is 0 Å². The fourth-order valence-corrected chi connectivity index (χ4v) is 2.87. The topological polar surface area (TPSA) is 88.5 Å². The van der Waals surface area contributed by atoms with Gasteiger partial charge in [0.25, 0.3) is 5.91 Å². The number of hydrogen-bond acceptors (Lipinski definition) is 4. The van der Waals surface area contributed by atoms with E-state index in [1.165, 1.54) is 0 Å². The van der Waals surface area contributed by atoms with E-state index in [1.807, 2.05) is 13.8 Å². The minimum absolute atomic E-state index is 0.0286. The minimum atomic E-state index is -0.845. The monoisotopic (exact) mass is 320 g/mol. The van der Waals surface area contributed by atoms with E-state index in [1.54, 1.807) is 18.2 Å². The quantitative estimate of drug-likeness (QED) is 0.814. The molecule has 126 valence electrons. The van der Waals surface area contributed by atoms with E-state index >= 15 is 0 Å². The van der Waals surface area contributed by atoms with Crippen LogP contribution >= 0.6 is 0 Å².